The molecule has 2 heterocycles. The van der Waals surface area contributed by atoms with Crippen LogP contribution < -0.4 is 5.32 Å². The van der Waals surface area contributed by atoms with Gasteiger partial charge in [-0.3, -0.25) is 24.1 Å². The van der Waals surface area contributed by atoms with Gasteiger partial charge in [0.2, 0.25) is 5.91 Å². The Labute approximate surface area is 175 Å². The van der Waals surface area contributed by atoms with Crippen LogP contribution in [0.3, 0.4) is 0 Å². The van der Waals surface area contributed by atoms with Crippen LogP contribution in [-0.2, 0) is 20.7 Å². The summed E-state index contributed by atoms with van der Waals surface area (Å²) in [6.45, 7) is 1.56. The quantitative estimate of drug-likeness (QED) is 0.483. The summed E-state index contributed by atoms with van der Waals surface area (Å²) in [6, 6.07) is 10.5. The van der Waals surface area contributed by atoms with Crippen LogP contribution in [0.25, 0.3) is 10.8 Å². The average Bonchev–Trinajstić information content (AvgIpc) is 3.15. The van der Waals surface area contributed by atoms with Gasteiger partial charge >= 0.3 is 5.97 Å². The number of esters is 1. The predicted octanol–water partition coefficient (Wildman–Crippen LogP) is 2.64. The fourth-order valence-corrected chi connectivity index (χ4v) is 4.06. The van der Waals surface area contributed by atoms with Crippen molar-refractivity contribution in [2.45, 2.75) is 13.3 Å². The van der Waals surface area contributed by atoms with E-state index in [1.165, 1.54) is 0 Å². The van der Waals surface area contributed by atoms with Crippen molar-refractivity contribution in [1.29, 1.82) is 0 Å². The zero-order chi connectivity index (χ0) is 21.3. The lowest BCUT2D eigenvalue weighted by molar-refractivity contribution is -0.142. The Morgan fingerprint density at radius 1 is 1.10 bits per heavy atom. The van der Waals surface area contributed by atoms with Gasteiger partial charge in [0.15, 0.2) is 5.13 Å². The Morgan fingerprint density at radius 2 is 1.77 bits per heavy atom. The van der Waals surface area contributed by atoms with Gasteiger partial charge in [0.05, 0.1) is 18.7 Å². The molecule has 0 bridgehead atoms. The van der Waals surface area contributed by atoms with E-state index in [-0.39, 0.29) is 18.2 Å². The number of rotatable bonds is 6. The van der Waals surface area contributed by atoms with E-state index in [9.17, 15) is 19.2 Å². The second-order valence-corrected chi connectivity index (χ2v) is 7.44. The number of benzene rings is 2. The molecule has 1 aliphatic rings. The summed E-state index contributed by atoms with van der Waals surface area (Å²) in [6.07, 6.45) is 0.00406. The van der Waals surface area contributed by atoms with Crippen molar-refractivity contribution in [3.63, 3.8) is 0 Å². The SMILES string of the molecule is CCOC(=O)Cc1csc(NC(=O)CN2C(=O)c3cccc4cccc(c34)C2=O)n1. The lowest BCUT2D eigenvalue weighted by atomic mass is 9.94. The maximum atomic E-state index is 12.8. The van der Waals surface area contributed by atoms with Crippen LogP contribution in [0.5, 0.6) is 0 Å². The molecular formula is C21H17N3O5S. The molecule has 0 atom stereocenters. The fraction of sp³-hybridized carbons (Fsp3) is 0.190. The van der Waals surface area contributed by atoms with Crippen LogP contribution >= 0.6 is 11.3 Å². The van der Waals surface area contributed by atoms with Crippen molar-refractivity contribution in [1.82, 2.24) is 9.88 Å². The first-order chi connectivity index (χ1) is 14.5. The van der Waals surface area contributed by atoms with Gasteiger partial charge in [0.1, 0.15) is 6.54 Å². The molecule has 0 fully saturated rings. The van der Waals surface area contributed by atoms with Crippen molar-refractivity contribution in [2.24, 2.45) is 0 Å². The Morgan fingerprint density at radius 3 is 2.40 bits per heavy atom. The van der Waals surface area contributed by atoms with Gasteiger partial charge in [-0.05, 0) is 24.4 Å². The number of carbonyl (C=O) groups excluding carboxylic acids is 4. The lowest BCUT2D eigenvalue weighted by Crippen LogP contribution is -2.44. The highest BCUT2D eigenvalue weighted by Gasteiger charge is 2.33. The molecule has 4 rings (SSSR count). The molecule has 0 aliphatic carbocycles. The number of carbonyl (C=O) groups is 4. The van der Waals surface area contributed by atoms with Gasteiger partial charge < -0.3 is 10.1 Å². The fourth-order valence-electron chi connectivity index (χ4n) is 3.33. The molecule has 8 nitrogen and oxygen atoms in total. The van der Waals surface area contributed by atoms with Crippen LogP contribution in [0, 0.1) is 0 Å². The van der Waals surface area contributed by atoms with Crippen LogP contribution in [0.4, 0.5) is 5.13 Å². The van der Waals surface area contributed by atoms with E-state index in [0.717, 1.165) is 21.6 Å². The van der Waals surface area contributed by atoms with Gasteiger partial charge in [0.25, 0.3) is 11.8 Å². The second-order valence-electron chi connectivity index (χ2n) is 6.58. The molecule has 1 aromatic heterocycles. The molecule has 1 aliphatic heterocycles. The largest absolute Gasteiger partial charge is 0.466 e. The Balaban J connectivity index is 1.48. The number of thiazole rings is 1. The molecule has 0 unspecified atom stereocenters. The third kappa shape index (κ3) is 3.67. The zero-order valence-electron chi connectivity index (χ0n) is 16.0. The molecule has 0 saturated heterocycles. The highest BCUT2D eigenvalue weighted by atomic mass is 32.1. The minimum Gasteiger partial charge on any atom is -0.466 e. The number of anilines is 1. The number of nitrogens with zero attached hydrogens (tertiary/aromatic N) is 2. The maximum absolute atomic E-state index is 12.8. The zero-order valence-corrected chi connectivity index (χ0v) is 16.8. The minimum absolute atomic E-state index is 0.00406. The van der Waals surface area contributed by atoms with Crippen LogP contribution in [0.15, 0.2) is 41.8 Å². The normalized spacial score (nSPS) is 12.9. The standard InChI is InChI=1S/C21H17N3O5S/c1-2-29-17(26)9-13-11-30-21(22-13)23-16(25)10-24-19(27)14-7-3-5-12-6-4-8-15(18(12)14)20(24)28/h3-8,11H,2,9-10H2,1H3,(H,22,23,25). The van der Waals surface area contributed by atoms with Gasteiger partial charge in [0, 0.05) is 21.9 Å². The average molecular weight is 423 g/mol. The van der Waals surface area contributed by atoms with Crippen molar-refractivity contribution in [2.75, 3.05) is 18.5 Å². The predicted molar refractivity (Wildman–Crippen MR) is 110 cm³/mol. The van der Waals surface area contributed by atoms with Crippen LogP contribution in [0.2, 0.25) is 0 Å². The van der Waals surface area contributed by atoms with Gasteiger partial charge in [-0.15, -0.1) is 11.3 Å². The van der Waals surface area contributed by atoms with Crippen molar-refractivity contribution in [3.8, 4) is 0 Å². The topological polar surface area (TPSA) is 106 Å². The van der Waals surface area contributed by atoms with Gasteiger partial charge in [-0.2, -0.15) is 0 Å². The number of hydrogen-bond acceptors (Lipinski definition) is 7. The van der Waals surface area contributed by atoms with E-state index in [1.807, 2.05) is 12.1 Å². The van der Waals surface area contributed by atoms with E-state index in [0.29, 0.717) is 22.2 Å². The number of ether oxygens (including phenoxy) is 1. The highest BCUT2D eigenvalue weighted by molar-refractivity contribution is 7.13. The molecule has 0 spiro atoms. The van der Waals surface area contributed by atoms with Gasteiger partial charge in [-0.25, -0.2) is 4.98 Å². The summed E-state index contributed by atoms with van der Waals surface area (Å²) in [5.74, 6) is -1.98. The van der Waals surface area contributed by atoms with Crippen molar-refractivity contribution in [3.05, 3.63) is 58.6 Å². The van der Waals surface area contributed by atoms with E-state index in [2.05, 4.69) is 10.3 Å². The summed E-state index contributed by atoms with van der Waals surface area (Å²) >= 11 is 1.15. The number of aromatic nitrogens is 1. The minimum atomic E-state index is -0.555. The Kier molecular flexibility index (Phi) is 5.28. The van der Waals surface area contributed by atoms with E-state index < -0.39 is 30.2 Å². The second kappa shape index (κ2) is 8.03. The number of imide groups is 1. The van der Waals surface area contributed by atoms with Crippen molar-refractivity contribution >= 4 is 50.9 Å². The highest BCUT2D eigenvalue weighted by Crippen LogP contribution is 2.29. The number of nitrogens with one attached hydrogen (secondary N) is 1. The smallest absolute Gasteiger partial charge is 0.311 e. The third-order valence-corrected chi connectivity index (χ3v) is 5.39. The first-order valence-corrected chi connectivity index (χ1v) is 10.1. The Hall–Kier alpha value is -3.59. The van der Waals surface area contributed by atoms with E-state index >= 15 is 0 Å². The molecule has 1 N–H and O–H groups in total. The first-order valence-electron chi connectivity index (χ1n) is 9.25. The summed E-state index contributed by atoms with van der Waals surface area (Å²) in [4.78, 5) is 54.8. The molecule has 3 aromatic rings. The molecule has 0 saturated carbocycles. The molecule has 2 aromatic carbocycles. The third-order valence-electron chi connectivity index (χ3n) is 4.59. The number of hydrogen-bond donors (Lipinski definition) is 1. The molecule has 30 heavy (non-hydrogen) atoms. The van der Waals surface area contributed by atoms with Crippen LogP contribution in [0.1, 0.15) is 33.3 Å². The maximum Gasteiger partial charge on any atom is 0.311 e. The number of amides is 3. The van der Waals surface area contributed by atoms with Crippen molar-refractivity contribution < 1.29 is 23.9 Å². The summed E-state index contributed by atoms with van der Waals surface area (Å²) in [5, 5.41) is 5.90. The lowest BCUT2D eigenvalue weighted by Gasteiger charge is -2.26. The van der Waals surface area contributed by atoms with Crippen LogP contribution in [-0.4, -0.2) is 46.7 Å². The molecule has 152 valence electrons. The summed E-state index contributed by atoms with van der Waals surface area (Å²) in [5.41, 5.74) is 1.25. The Bertz CT molecular complexity index is 1140. The molecule has 9 heteroatoms. The summed E-state index contributed by atoms with van der Waals surface area (Å²) < 4.78 is 4.87. The van der Waals surface area contributed by atoms with E-state index in [1.54, 1.807) is 36.6 Å². The molecular weight excluding hydrogens is 406 g/mol. The first kappa shape index (κ1) is 19.7. The van der Waals surface area contributed by atoms with E-state index in [4.69, 9.17) is 4.74 Å². The molecule has 0 radical (unpaired) electrons. The monoisotopic (exact) mass is 423 g/mol. The summed E-state index contributed by atoms with van der Waals surface area (Å²) in [7, 11) is 0. The molecule has 3 amide bonds. The van der Waals surface area contributed by atoms with Gasteiger partial charge in [-0.1, -0.05) is 24.3 Å².